The maximum absolute atomic E-state index is 2.35. The Morgan fingerprint density at radius 3 is 1.92 bits per heavy atom. The van der Waals surface area contributed by atoms with Gasteiger partial charge < -0.3 is 0 Å². The lowest BCUT2D eigenvalue weighted by atomic mass is 9.88. The molecule has 0 aromatic rings. The highest BCUT2D eigenvalue weighted by Crippen LogP contribution is 2.38. The SMILES string of the molecule is CC(C)B1SCC(C(C)C)CS1. The number of hydrogen-bond donors (Lipinski definition) is 0. The van der Waals surface area contributed by atoms with Crippen LogP contribution in [-0.2, 0) is 0 Å². The van der Waals surface area contributed by atoms with Crippen LogP contribution in [0, 0.1) is 11.8 Å². The second-order valence-corrected chi connectivity index (χ2v) is 6.93. The minimum atomic E-state index is 0.841. The van der Waals surface area contributed by atoms with E-state index in [2.05, 4.69) is 50.9 Å². The summed E-state index contributed by atoms with van der Waals surface area (Å²) in [7, 11) is 0. The van der Waals surface area contributed by atoms with Crippen LogP contribution in [0.2, 0.25) is 5.82 Å². The van der Waals surface area contributed by atoms with E-state index >= 15 is 0 Å². The van der Waals surface area contributed by atoms with Gasteiger partial charge >= 0.3 is 0 Å². The summed E-state index contributed by atoms with van der Waals surface area (Å²) in [4.78, 5) is 0. The van der Waals surface area contributed by atoms with Gasteiger partial charge in [-0.2, -0.15) is 23.2 Å². The van der Waals surface area contributed by atoms with E-state index in [-0.39, 0.29) is 0 Å². The van der Waals surface area contributed by atoms with Crippen LogP contribution in [0.3, 0.4) is 0 Å². The second-order valence-electron chi connectivity index (χ2n) is 4.28. The van der Waals surface area contributed by atoms with E-state index < -0.39 is 0 Å². The Morgan fingerprint density at radius 2 is 1.58 bits per heavy atom. The Bertz CT molecular complexity index is 112. The lowest BCUT2D eigenvalue weighted by molar-refractivity contribution is 0.472. The monoisotopic (exact) mass is 202 g/mol. The highest BCUT2D eigenvalue weighted by atomic mass is 32.2. The lowest BCUT2D eigenvalue weighted by Crippen LogP contribution is -2.25. The Balaban J connectivity index is 2.30. The van der Waals surface area contributed by atoms with Crippen molar-refractivity contribution in [3.8, 4) is 0 Å². The van der Waals surface area contributed by atoms with Crippen molar-refractivity contribution in [3.05, 3.63) is 0 Å². The van der Waals surface area contributed by atoms with Crippen molar-refractivity contribution >= 4 is 28.5 Å². The zero-order valence-corrected chi connectivity index (χ0v) is 10.2. The summed E-state index contributed by atoms with van der Waals surface area (Å²) in [6.45, 7) is 9.36. The molecule has 1 aliphatic rings. The topological polar surface area (TPSA) is 0 Å². The fraction of sp³-hybridized carbons (Fsp3) is 1.00. The van der Waals surface area contributed by atoms with E-state index in [1.165, 1.54) is 11.5 Å². The molecule has 1 saturated heterocycles. The number of hydrogen-bond acceptors (Lipinski definition) is 2. The zero-order chi connectivity index (χ0) is 9.14. The van der Waals surface area contributed by atoms with Crippen LogP contribution in [0.25, 0.3) is 0 Å². The summed E-state index contributed by atoms with van der Waals surface area (Å²) >= 11 is 4.34. The lowest BCUT2D eigenvalue weighted by Gasteiger charge is -2.30. The predicted molar refractivity (Wildman–Crippen MR) is 64.1 cm³/mol. The first kappa shape index (κ1) is 10.8. The highest BCUT2D eigenvalue weighted by Gasteiger charge is 2.28. The molecule has 12 heavy (non-hydrogen) atoms. The molecule has 1 aliphatic heterocycles. The number of rotatable bonds is 2. The second kappa shape index (κ2) is 4.85. The molecule has 0 spiro atoms. The van der Waals surface area contributed by atoms with Crippen LogP contribution >= 0.6 is 23.2 Å². The molecule has 0 amide bonds. The normalized spacial score (nSPS) is 21.0. The van der Waals surface area contributed by atoms with E-state index in [1.807, 2.05) is 0 Å². The molecule has 0 nitrogen and oxygen atoms in total. The molecule has 3 heteroatoms. The van der Waals surface area contributed by atoms with Gasteiger partial charge in [0, 0.05) is 0 Å². The molecular formula is C9H19BS2. The van der Waals surface area contributed by atoms with E-state index in [4.69, 9.17) is 0 Å². The van der Waals surface area contributed by atoms with Gasteiger partial charge in [-0.05, 0) is 29.2 Å². The van der Waals surface area contributed by atoms with Crippen molar-refractivity contribution < 1.29 is 0 Å². The maximum Gasteiger partial charge on any atom is 0.276 e. The van der Waals surface area contributed by atoms with Gasteiger partial charge in [0.1, 0.15) is 0 Å². The van der Waals surface area contributed by atoms with Crippen LogP contribution in [0.5, 0.6) is 0 Å². The van der Waals surface area contributed by atoms with Gasteiger partial charge in [-0.25, -0.2) is 0 Å². The van der Waals surface area contributed by atoms with Crippen molar-refractivity contribution in [2.24, 2.45) is 11.8 Å². The summed E-state index contributed by atoms with van der Waals surface area (Å²) < 4.78 is 0. The average Bonchev–Trinajstić information content (AvgIpc) is 2.04. The van der Waals surface area contributed by atoms with Crippen LogP contribution in [0.4, 0.5) is 0 Å². The minimum absolute atomic E-state index is 0.841. The molecule has 1 rings (SSSR count). The molecule has 1 fully saturated rings. The molecule has 0 aromatic carbocycles. The van der Waals surface area contributed by atoms with Gasteiger partial charge in [0.05, 0.1) is 0 Å². The molecular weight excluding hydrogens is 183 g/mol. The van der Waals surface area contributed by atoms with E-state index in [1.54, 1.807) is 0 Å². The van der Waals surface area contributed by atoms with Crippen molar-refractivity contribution in [3.63, 3.8) is 0 Å². The Kier molecular flexibility index (Phi) is 4.38. The Labute approximate surface area is 85.5 Å². The molecule has 0 aliphatic carbocycles. The Hall–Kier alpha value is 0.765. The highest BCUT2D eigenvalue weighted by molar-refractivity contribution is 8.54. The van der Waals surface area contributed by atoms with Crippen LogP contribution in [-0.4, -0.2) is 16.8 Å². The predicted octanol–water partition coefficient (Wildman–Crippen LogP) is 3.64. The van der Waals surface area contributed by atoms with Gasteiger partial charge in [-0.3, -0.25) is 0 Å². The zero-order valence-electron chi connectivity index (χ0n) is 8.54. The molecule has 70 valence electrons. The first-order chi connectivity index (χ1) is 5.61. The summed E-state index contributed by atoms with van der Waals surface area (Å²) in [6.07, 6.45) is 0. The summed E-state index contributed by atoms with van der Waals surface area (Å²) in [5.41, 5.74) is 0. The average molecular weight is 202 g/mol. The smallest absolute Gasteiger partial charge is 0.195 e. The third kappa shape index (κ3) is 2.92. The first-order valence-corrected chi connectivity index (χ1v) is 6.94. The minimum Gasteiger partial charge on any atom is -0.195 e. The van der Waals surface area contributed by atoms with Gasteiger partial charge in [0.2, 0.25) is 0 Å². The van der Waals surface area contributed by atoms with Crippen LogP contribution in [0.15, 0.2) is 0 Å². The Morgan fingerprint density at radius 1 is 1.08 bits per heavy atom. The molecule has 0 saturated carbocycles. The van der Waals surface area contributed by atoms with Crippen LogP contribution < -0.4 is 0 Å². The maximum atomic E-state index is 2.35. The third-order valence-electron chi connectivity index (χ3n) is 2.44. The molecule has 0 unspecified atom stereocenters. The molecule has 1 heterocycles. The first-order valence-electron chi connectivity index (χ1n) is 4.84. The summed E-state index contributed by atoms with van der Waals surface area (Å²) in [6, 6.07) is 0. The summed E-state index contributed by atoms with van der Waals surface area (Å²) in [5.74, 6) is 5.43. The fourth-order valence-corrected chi connectivity index (χ4v) is 4.96. The van der Waals surface area contributed by atoms with Crippen molar-refractivity contribution in [2.45, 2.75) is 33.5 Å². The van der Waals surface area contributed by atoms with Gasteiger partial charge in [0.15, 0.2) is 0 Å². The molecule has 0 N–H and O–H groups in total. The third-order valence-corrected chi connectivity index (χ3v) is 6.24. The fourth-order valence-electron chi connectivity index (χ4n) is 1.30. The summed E-state index contributed by atoms with van der Waals surface area (Å²) in [5, 5.41) is 0.861. The molecule has 0 radical (unpaired) electrons. The quantitative estimate of drug-likeness (QED) is 0.627. The van der Waals surface area contributed by atoms with E-state index in [0.717, 1.165) is 22.9 Å². The van der Waals surface area contributed by atoms with Gasteiger partial charge in [-0.1, -0.05) is 27.7 Å². The molecule has 0 bridgehead atoms. The standard InChI is InChI=1S/C9H19BS2/c1-7(2)9-5-11-10(8(3)4)12-6-9/h7-9H,5-6H2,1-4H3. The molecule has 0 atom stereocenters. The van der Waals surface area contributed by atoms with E-state index in [9.17, 15) is 0 Å². The van der Waals surface area contributed by atoms with Crippen molar-refractivity contribution in [1.82, 2.24) is 0 Å². The van der Waals surface area contributed by atoms with Gasteiger partial charge in [-0.15, -0.1) is 0 Å². The van der Waals surface area contributed by atoms with Crippen molar-refractivity contribution in [1.29, 1.82) is 0 Å². The van der Waals surface area contributed by atoms with Crippen molar-refractivity contribution in [2.75, 3.05) is 11.5 Å². The van der Waals surface area contributed by atoms with Gasteiger partial charge in [0.25, 0.3) is 5.27 Å². The van der Waals surface area contributed by atoms with E-state index in [0.29, 0.717) is 0 Å². The van der Waals surface area contributed by atoms with Crippen LogP contribution in [0.1, 0.15) is 27.7 Å². The largest absolute Gasteiger partial charge is 0.276 e. The molecule has 0 aromatic heterocycles.